The lowest BCUT2D eigenvalue weighted by Gasteiger charge is -2.07. The number of carbonyl (C=O) groups excluding carboxylic acids is 1. The van der Waals surface area contributed by atoms with Crippen LogP contribution in [0.3, 0.4) is 0 Å². The van der Waals surface area contributed by atoms with Crippen LogP contribution in [0.4, 0.5) is 0 Å². The first kappa shape index (κ1) is 18.0. The molecule has 0 aliphatic rings. The molecule has 0 spiro atoms. The summed E-state index contributed by atoms with van der Waals surface area (Å²) in [6.45, 7) is 3.88. The van der Waals surface area contributed by atoms with Crippen LogP contribution >= 0.6 is 15.9 Å². The molecule has 2 aromatic rings. The number of aryl methyl sites for hydroxylation is 2. The molecule has 0 saturated carbocycles. The normalized spacial score (nSPS) is 10.7. The van der Waals surface area contributed by atoms with Crippen molar-refractivity contribution in [3.8, 4) is 11.5 Å². The molecule has 1 amide bonds. The van der Waals surface area contributed by atoms with Crippen LogP contribution in [0.5, 0.6) is 11.5 Å². The maximum Gasteiger partial charge on any atom is 0.277 e. The lowest BCUT2D eigenvalue weighted by molar-refractivity contribution is -0.123. The summed E-state index contributed by atoms with van der Waals surface area (Å²) in [6.07, 6.45) is 1.55. The van der Waals surface area contributed by atoms with Crippen LogP contribution in [0.1, 0.15) is 16.7 Å². The van der Waals surface area contributed by atoms with Gasteiger partial charge in [-0.3, -0.25) is 4.79 Å². The third-order valence-corrected chi connectivity index (χ3v) is 3.76. The second-order valence-corrected chi connectivity index (χ2v) is 6.15. The summed E-state index contributed by atoms with van der Waals surface area (Å²) < 4.78 is 11.4. The van der Waals surface area contributed by atoms with Crippen molar-refractivity contribution in [2.75, 3.05) is 13.7 Å². The van der Waals surface area contributed by atoms with Gasteiger partial charge in [-0.25, -0.2) is 5.43 Å². The van der Waals surface area contributed by atoms with E-state index in [1.54, 1.807) is 13.3 Å². The molecule has 0 atom stereocenters. The molecule has 0 radical (unpaired) electrons. The summed E-state index contributed by atoms with van der Waals surface area (Å²) in [5.41, 5.74) is 5.45. The highest BCUT2D eigenvalue weighted by molar-refractivity contribution is 9.10. The largest absolute Gasteiger partial charge is 0.496 e. The summed E-state index contributed by atoms with van der Waals surface area (Å²) in [5, 5.41) is 3.92. The van der Waals surface area contributed by atoms with Crippen LogP contribution in [0.25, 0.3) is 0 Å². The summed E-state index contributed by atoms with van der Waals surface area (Å²) in [4.78, 5) is 11.8. The number of hydrogen-bond acceptors (Lipinski definition) is 4. The van der Waals surface area contributed by atoms with Crippen LogP contribution in [-0.2, 0) is 4.79 Å². The molecular weight excluding hydrogens is 372 g/mol. The number of hydrogen-bond donors (Lipinski definition) is 1. The van der Waals surface area contributed by atoms with Gasteiger partial charge in [-0.05, 0) is 76.8 Å². The highest BCUT2D eigenvalue weighted by Gasteiger charge is 2.03. The second-order valence-electron chi connectivity index (χ2n) is 5.30. The second kappa shape index (κ2) is 8.49. The van der Waals surface area contributed by atoms with Gasteiger partial charge in [-0.1, -0.05) is 6.07 Å². The Kier molecular flexibility index (Phi) is 6.37. The first-order chi connectivity index (χ1) is 11.5. The van der Waals surface area contributed by atoms with Crippen LogP contribution in [0.15, 0.2) is 46.0 Å². The van der Waals surface area contributed by atoms with Crippen molar-refractivity contribution in [3.63, 3.8) is 0 Å². The van der Waals surface area contributed by atoms with Crippen LogP contribution in [0.2, 0.25) is 0 Å². The van der Waals surface area contributed by atoms with Crippen molar-refractivity contribution in [1.29, 1.82) is 0 Å². The molecular formula is C18H19BrN2O3. The quantitative estimate of drug-likeness (QED) is 0.605. The zero-order valence-corrected chi connectivity index (χ0v) is 15.4. The fraction of sp³-hybridized carbons (Fsp3) is 0.222. The molecule has 2 aromatic carbocycles. The molecule has 0 aromatic heterocycles. The summed E-state index contributed by atoms with van der Waals surface area (Å²) >= 11 is 3.40. The van der Waals surface area contributed by atoms with Crippen LogP contribution in [0, 0.1) is 13.8 Å². The highest BCUT2D eigenvalue weighted by atomic mass is 79.9. The van der Waals surface area contributed by atoms with E-state index in [0.29, 0.717) is 5.75 Å². The van der Waals surface area contributed by atoms with Gasteiger partial charge in [0.2, 0.25) is 0 Å². The molecule has 0 aliphatic heterocycles. The number of carbonyl (C=O) groups is 1. The Morgan fingerprint density at radius 1 is 1.21 bits per heavy atom. The number of methoxy groups -OCH3 is 1. The number of amides is 1. The van der Waals surface area contributed by atoms with Crippen molar-refractivity contribution in [3.05, 3.63) is 57.6 Å². The number of nitrogens with zero attached hydrogens (tertiary/aromatic N) is 1. The van der Waals surface area contributed by atoms with Crippen molar-refractivity contribution < 1.29 is 14.3 Å². The number of hydrazone groups is 1. The molecule has 24 heavy (non-hydrogen) atoms. The fourth-order valence-corrected chi connectivity index (χ4v) is 2.70. The minimum Gasteiger partial charge on any atom is -0.496 e. The van der Waals surface area contributed by atoms with E-state index in [2.05, 4.69) is 26.5 Å². The molecule has 126 valence electrons. The van der Waals surface area contributed by atoms with E-state index in [-0.39, 0.29) is 12.5 Å². The molecule has 0 aliphatic carbocycles. The zero-order chi connectivity index (χ0) is 17.5. The summed E-state index contributed by atoms with van der Waals surface area (Å²) in [7, 11) is 1.60. The van der Waals surface area contributed by atoms with Crippen molar-refractivity contribution in [1.82, 2.24) is 5.43 Å². The van der Waals surface area contributed by atoms with E-state index in [0.717, 1.165) is 26.9 Å². The van der Waals surface area contributed by atoms with Crippen molar-refractivity contribution in [2.45, 2.75) is 13.8 Å². The number of nitrogens with one attached hydrogen (secondary N) is 1. The average molecular weight is 391 g/mol. The van der Waals surface area contributed by atoms with Crippen molar-refractivity contribution in [2.24, 2.45) is 5.10 Å². The zero-order valence-electron chi connectivity index (χ0n) is 13.8. The average Bonchev–Trinajstić information content (AvgIpc) is 2.52. The summed E-state index contributed by atoms with van der Waals surface area (Å²) in [5.74, 6) is 1.08. The Labute approximate surface area is 149 Å². The van der Waals surface area contributed by atoms with Crippen molar-refractivity contribution >= 4 is 28.1 Å². The van der Waals surface area contributed by atoms with Gasteiger partial charge in [0.05, 0.1) is 17.8 Å². The lowest BCUT2D eigenvalue weighted by atomic mass is 10.1. The van der Waals surface area contributed by atoms with Gasteiger partial charge in [0, 0.05) is 0 Å². The molecule has 5 nitrogen and oxygen atoms in total. The van der Waals surface area contributed by atoms with E-state index in [4.69, 9.17) is 9.47 Å². The number of benzene rings is 2. The van der Waals surface area contributed by atoms with E-state index >= 15 is 0 Å². The predicted molar refractivity (Wildman–Crippen MR) is 97.8 cm³/mol. The molecule has 0 fully saturated rings. The molecule has 1 N–H and O–H groups in total. The molecule has 0 heterocycles. The Morgan fingerprint density at radius 3 is 2.54 bits per heavy atom. The first-order valence-electron chi connectivity index (χ1n) is 7.34. The van der Waals surface area contributed by atoms with E-state index < -0.39 is 0 Å². The maximum absolute atomic E-state index is 11.8. The molecule has 0 unspecified atom stereocenters. The van der Waals surface area contributed by atoms with Gasteiger partial charge in [0.1, 0.15) is 11.5 Å². The fourth-order valence-electron chi connectivity index (χ4n) is 2.14. The standard InChI is InChI=1S/C18H19BrN2O3/c1-12-6-13(2)8-15(7-12)24-11-18(22)21-20-10-14-4-5-17(23-3)16(19)9-14/h4-10H,11H2,1-3H3,(H,21,22)/b20-10+. The highest BCUT2D eigenvalue weighted by Crippen LogP contribution is 2.24. The minimum atomic E-state index is -0.321. The maximum atomic E-state index is 11.8. The van der Waals surface area contributed by atoms with E-state index in [1.807, 2.05) is 50.2 Å². The number of halogens is 1. The number of ether oxygens (including phenoxy) is 2. The van der Waals surface area contributed by atoms with E-state index in [9.17, 15) is 4.79 Å². The SMILES string of the molecule is COc1ccc(/C=N/NC(=O)COc2cc(C)cc(C)c2)cc1Br. The molecule has 6 heteroatoms. The van der Waals surface area contributed by atoms with Gasteiger partial charge in [0.15, 0.2) is 6.61 Å². The predicted octanol–water partition coefficient (Wildman–Crippen LogP) is 3.60. The Bertz CT molecular complexity index is 740. The van der Waals surface area contributed by atoms with Gasteiger partial charge in [-0.2, -0.15) is 5.10 Å². The van der Waals surface area contributed by atoms with Crippen LogP contribution in [-0.4, -0.2) is 25.8 Å². The molecule has 2 rings (SSSR count). The molecule has 0 saturated heterocycles. The Hall–Kier alpha value is -2.34. The van der Waals surface area contributed by atoms with Gasteiger partial charge in [0.25, 0.3) is 5.91 Å². The Morgan fingerprint density at radius 2 is 1.92 bits per heavy atom. The molecule has 0 bridgehead atoms. The van der Waals surface area contributed by atoms with Gasteiger partial charge >= 0.3 is 0 Å². The van der Waals surface area contributed by atoms with Crippen LogP contribution < -0.4 is 14.9 Å². The third kappa shape index (κ3) is 5.38. The van der Waals surface area contributed by atoms with Gasteiger partial charge in [-0.15, -0.1) is 0 Å². The first-order valence-corrected chi connectivity index (χ1v) is 8.14. The number of rotatable bonds is 6. The Balaban J connectivity index is 1.85. The smallest absolute Gasteiger partial charge is 0.277 e. The summed E-state index contributed by atoms with van der Waals surface area (Å²) in [6, 6.07) is 11.3. The van der Waals surface area contributed by atoms with Gasteiger partial charge < -0.3 is 9.47 Å². The lowest BCUT2D eigenvalue weighted by Crippen LogP contribution is -2.24. The monoisotopic (exact) mass is 390 g/mol. The third-order valence-electron chi connectivity index (χ3n) is 3.14. The topological polar surface area (TPSA) is 59.9 Å². The minimum absolute atomic E-state index is 0.0907. The van der Waals surface area contributed by atoms with E-state index in [1.165, 1.54) is 0 Å².